The minimum absolute atomic E-state index is 0.0373. The van der Waals surface area contributed by atoms with Crippen LogP contribution in [-0.4, -0.2) is 46.4 Å². The smallest absolute Gasteiger partial charge is 0.303 e. The van der Waals surface area contributed by atoms with Crippen LogP contribution in [0.1, 0.15) is 48.6 Å². The molecule has 1 aliphatic heterocycles. The van der Waals surface area contributed by atoms with Gasteiger partial charge < -0.3 is 9.84 Å². The van der Waals surface area contributed by atoms with Crippen molar-refractivity contribution in [1.29, 1.82) is 0 Å². The highest BCUT2D eigenvalue weighted by Crippen LogP contribution is 2.53. The van der Waals surface area contributed by atoms with Crippen LogP contribution < -0.4 is 4.74 Å². The number of hydrogen-bond acceptors (Lipinski definition) is 7. The molecule has 0 fully saturated rings. The van der Waals surface area contributed by atoms with Gasteiger partial charge in [0.05, 0.1) is 16.6 Å². The van der Waals surface area contributed by atoms with Gasteiger partial charge in [-0.05, 0) is 49.8 Å². The van der Waals surface area contributed by atoms with Gasteiger partial charge in [-0.2, -0.15) is 0 Å². The molecular weight excluding hydrogens is 448 g/mol. The summed E-state index contributed by atoms with van der Waals surface area (Å²) in [5.74, 6) is 7.26. The molecule has 0 radical (unpaired) electrons. The molecule has 0 saturated heterocycles. The summed E-state index contributed by atoms with van der Waals surface area (Å²) in [5, 5.41) is 9.00. The normalized spacial score (nSPS) is 15.2. The van der Waals surface area contributed by atoms with Crippen molar-refractivity contribution >= 4 is 41.3 Å². The van der Waals surface area contributed by atoms with Gasteiger partial charge in [0.2, 0.25) is 0 Å². The number of thioether (sulfide) groups is 3. The van der Waals surface area contributed by atoms with E-state index in [0.29, 0.717) is 25.3 Å². The lowest BCUT2D eigenvalue weighted by atomic mass is 9.99. The Balaban J connectivity index is 1.99. The SMILES string of the molecule is CSc1cc2c(cc1C#CC(CCCC(=O)O)c1ncccn1)C(SC)(SC)CCO2. The van der Waals surface area contributed by atoms with Crippen molar-refractivity contribution in [3.63, 3.8) is 0 Å². The van der Waals surface area contributed by atoms with E-state index in [1.54, 1.807) is 30.2 Å². The number of nitrogens with zero attached hydrogens (tertiary/aromatic N) is 2. The van der Waals surface area contributed by atoms with Crippen LogP contribution in [-0.2, 0) is 8.87 Å². The summed E-state index contributed by atoms with van der Waals surface area (Å²) >= 11 is 5.34. The fraction of sp³-hybridized carbons (Fsp3) is 0.435. The second-order valence-electron chi connectivity index (χ2n) is 7.02. The van der Waals surface area contributed by atoms with Crippen LogP contribution in [0.15, 0.2) is 35.5 Å². The van der Waals surface area contributed by atoms with Gasteiger partial charge in [0.1, 0.15) is 11.6 Å². The average Bonchev–Trinajstić information content (AvgIpc) is 2.80. The Morgan fingerprint density at radius 3 is 2.65 bits per heavy atom. The molecule has 2 heterocycles. The predicted octanol–water partition coefficient (Wildman–Crippen LogP) is 5.25. The van der Waals surface area contributed by atoms with Crippen molar-refractivity contribution < 1.29 is 14.6 Å². The van der Waals surface area contributed by atoms with Crippen LogP contribution in [0.3, 0.4) is 0 Å². The van der Waals surface area contributed by atoms with Gasteiger partial charge in [0.15, 0.2) is 0 Å². The maximum Gasteiger partial charge on any atom is 0.303 e. The van der Waals surface area contributed by atoms with Crippen molar-refractivity contribution in [2.24, 2.45) is 0 Å². The Bertz CT molecular complexity index is 969. The molecule has 1 aliphatic rings. The lowest BCUT2D eigenvalue weighted by Gasteiger charge is -2.36. The van der Waals surface area contributed by atoms with Crippen LogP contribution in [0.25, 0.3) is 0 Å². The zero-order valence-corrected chi connectivity index (χ0v) is 20.3. The largest absolute Gasteiger partial charge is 0.493 e. The highest BCUT2D eigenvalue weighted by atomic mass is 32.2. The van der Waals surface area contributed by atoms with E-state index >= 15 is 0 Å². The van der Waals surface area contributed by atoms with Crippen molar-refractivity contribution in [1.82, 2.24) is 9.97 Å². The highest BCUT2D eigenvalue weighted by Gasteiger charge is 2.37. The van der Waals surface area contributed by atoms with Crippen LogP contribution in [0.5, 0.6) is 5.75 Å². The number of ether oxygens (including phenoxy) is 1. The lowest BCUT2D eigenvalue weighted by Crippen LogP contribution is -2.26. The monoisotopic (exact) mass is 474 g/mol. The molecule has 31 heavy (non-hydrogen) atoms. The summed E-state index contributed by atoms with van der Waals surface area (Å²) in [5.41, 5.74) is 2.14. The van der Waals surface area contributed by atoms with Gasteiger partial charge in [-0.15, -0.1) is 35.3 Å². The number of fused-ring (bicyclic) bond motifs is 1. The number of rotatable bonds is 8. The molecule has 1 unspecified atom stereocenters. The molecule has 2 aromatic rings. The van der Waals surface area contributed by atoms with Gasteiger partial charge in [-0.1, -0.05) is 11.8 Å². The zero-order chi connectivity index (χ0) is 22.3. The minimum atomic E-state index is -0.800. The summed E-state index contributed by atoms with van der Waals surface area (Å²) in [7, 11) is 0. The van der Waals surface area contributed by atoms with E-state index in [2.05, 4.69) is 46.5 Å². The first-order chi connectivity index (χ1) is 15.0. The molecule has 3 rings (SSSR count). The molecule has 0 saturated carbocycles. The number of hydrogen-bond donors (Lipinski definition) is 1. The maximum atomic E-state index is 10.9. The van der Waals surface area contributed by atoms with Crippen LogP contribution >= 0.6 is 35.3 Å². The molecule has 8 heteroatoms. The third-order valence-electron chi connectivity index (χ3n) is 5.22. The molecule has 1 aromatic heterocycles. The molecule has 1 N–H and O–H groups in total. The molecule has 0 amide bonds. The third kappa shape index (κ3) is 5.71. The summed E-state index contributed by atoms with van der Waals surface area (Å²) < 4.78 is 5.95. The van der Waals surface area contributed by atoms with Gasteiger partial charge in [0, 0.05) is 41.3 Å². The highest BCUT2D eigenvalue weighted by molar-refractivity contribution is 8.16. The number of aliphatic carboxylic acids is 1. The Morgan fingerprint density at radius 2 is 2.00 bits per heavy atom. The summed E-state index contributed by atoms with van der Waals surface area (Å²) in [6.07, 6.45) is 11.9. The van der Waals surface area contributed by atoms with Gasteiger partial charge in [0.25, 0.3) is 0 Å². The zero-order valence-electron chi connectivity index (χ0n) is 17.9. The minimum Gasteiger partial charge on any atom is -0.493 e. The Morgan fingerprint density at radius 1 is 1.26 bits per heavy atom. The van der Waals surface area contributed by atoms with E-state index in [9.17, 15) is 4.79 Å². The third-order valence-corrected chi connectivity index (χ3v) is 9.17. The number of carboxylic acids is 1. The first-order valence-corrected chi connectivity index (χ1v) is 13.7. The Labute approximate surface area is 196 Å². The van der Waals surface area contributed by atoms with E-state index in [0.717, 1.165) is 22.6 Å². The Kier molecular flexibility index (Phi) is 8.58. The second kappa shape index (κ2) is 11.2. The predicted molar refractivity (Wildman–Crippen MR) is 130 cm³/mol. The van der Waals surface area contributed by atoms with E-state index in [-0.39, 0.29) is 16.4 Å². The Hall–Kier alpha value is -1.82. The molecule has 5 nitrogen and oxygen atoms in total. The van der Waals surface area contributed by atoms with E-state index < -0.39 is 5.97 Å². The maximum absolute atomic E-state index is 10.9. The molecule has 0 aliphatic carbocycles. The summed E-state index contributed by atoms with van der Waals surface area (Å²) in [6.45, 7) is 0.713. The van der Waals surface area contributed by atoms with Crippen molar-refractivity contribution in [3.05, 3.63) is 47.5 Å². The standard InChI is InChI=1S/C23H26N2O3S3/c1-29-20-15-19-18(23(30-2,31-3)10-13-28-19)14-17(20)9-8-16(6-4-7-21(26)27)22-24-11-5-12-25-22/h5,11-12,14-16H,4,6-7,10,13H2,1-3H3,(H,26,27). The molecule has 1 aromatic carbocycles. The van der Waals surface area contributed by atoms with Crippen molar-refractivity contribution in [2.45, 2.75) is 40.6 Å². The summed E-state index contributed by atoms with van der Waals surface area (Å²) in [4.78, 5) is 20.7. The van der Waals surface area contributed by atoms with E-state index in [4.69, 9.17) is 9.84 Å². The molecule has 0 spiro atoms. The quantitative estimate of drug-likeness (QED) is 0.316. The van der Waals surface area contributed by atoms with Crippen LogP contribution in [0.2, 0.25) is 0 Å². The van der Waals surface area contributed by atoms with Crippen LogP contribution in [0.4, 0.5) is 0 Å². The first-order valence-electron chi connectivity index (χ1n) is 9.99. The van der Waals surface area contributed by atoms with Crippen LogP contribution in [0, 0.1) is 11.8 Å². The molecule has 0 bridgehead atoms. The molecule has 1 atom stereocenters. The lowest BCUT2D eigenvalue weighted by molar-refractivity contribution is -0.137. The number of carboxylic acid groups (broad SMARTS) is 1. The van der Waals surface area contributed by atoms with Crippen molar-refractivity contribution in [2.75, 3.05) is 25.4 Å². The van der Waals surface area contributed by atoms with Gasteiger partial charge in [-0.3, -0.25) is 4.79 Å². The fourth-order valence-corrected chi connectivity index (χ4v) is 6.12. The average molecular weight is 475 g/mol. The van der Waals surface area contributed by atoms with Gasteiger partial charge in [-0.25, -0.2) is 9.97 Å². The summed E-state index contributed by atoms with van der Waals surface area (Å²) in [6, 6.07) is 6.04. The van der Waals surface area contributed by atoms with E-state index in [1.807, 2.05) is 29.8 Å². The molecule has 164 valence electrons. The van der Waals surface area contributed by atoms with E-state index in [1.165, 1.54) is 5.56 Å². The number of aromatic nitrogens is 2. The topological polar surface area (TPSA) is 72.3 Å². The molecular formula is C23H26N2O3S3. The van der Waals surface area contributed by atoms with Crippen molar-refractivity contribution in [3.8, 4) is 17.6 Å². The number of carbonyl (C=O) groups is 1. The van der Waals surface area contributed by atoms with Gasteiger partial charge >= 0.3 is 5.97 Å². The number of benzene rings is 1. The first kappa shape index (κ1) is 23.8. The second-order valence-corrected chi connectivity index (χ2v) is 10.3. The fourth-order valence-electron chi connectivity index (χ4n) is 3.56.